The van der Waals surface area contributed by atoms with Crippen LogP contribution >= 0.6 is 11.3 Å². The third-order valence-corrected chi connectivity index (χ3v) is 4.92. The molecule has 130 valence electrons. The minimum absolute atomic E-state index is 0.150. The van der Waals surface area contributed by atoms with Gasteiger partial charge in [-0.2, -0.15) is 0 Å². The zero-order valence-electron chi connectivity index (χ0n) is 13.5. The fourth-order valence-corrected chi connectivity index (χ4v) is 3.82. The van der Waals surface area contributed by atoms with Crippen LogP contribution in [0, 0.1) is 0 Å². The summed E-state index contributed by atoms with van der Waals surface area (Å²) in [5.41, 5.74) is 1.60. The molecule has 1 aromatic carbocycles. The number of fused-ring (bicyclic) bond motifs is 2. The Kier molecular flexibility index (Phi) is 3.92. The zero-order chi connectivity index (χ0) is 17.4. The second kappa shape index (κ2) is 6.25. The average molecular weight is 360 g/mol. The summed E-state index contributed by atoms with van der Waals surface area (Å²) in [5.74, 6) is 1.15. The summed E-state index contributed by atoms with van der Waals surface area (Å²) >= 11 is 1.41. The van der Waals surface area contributed by atoms with Gasteiger partial charge in [-0.3, -0.25) is 4.79 Å². The number of benzene rings is 1. The van der Waals surface area contributed by atoms with Crippen LogP contribution in [0.2, 0.25) is 0 Å². The quantitative estimate of drug-likeness (QED) is 0.858. The van der Waals surface area contributed by atoms with E-state index in [0.29, 0.717) is 41.8 Å². The molecular formula is C16H16N4O4S. The first-order valence-corrected chi connectivity index (χ1v) is 8.62. The Bertz CT molecular complexity index is 851. The molecule has 8 nitrogen and oxygen atoms in total. The van der Waals surface area contributed by atoms with Crippen molar-refractivity contribution in [2.24, 2.45) is 0 Å². The molecule has 3 amide bonds. The molecular weight excluding hydrogens is 344 g/mol. The highest BCUT2D eigenvalue weighted by atomic mass is 32.1. The van der Waals surface area contributed by atoms with Gasteiger partial charge in [0.25, 0.3) is 0 Å². The van der Waals surface area contributed by atoms with E-state index in [2.05, 4.69) is 15.6 Å². The first-order chi connectivity index (χ1) is 12.1. The second-order valence-corrected chi connectivity index (χ2v) is 6.82. The van der Waals surface area contributed by atoms with E-state index in [1.165, 1.54) is 18.3 Å². The summed E-state index contributed by atoms with van der Waals surface area (Å²) in [6.07, 6.45) is 0.667. The maximum absolute atomic E-state index is 12.5. The number of ether oxygens (including phenoxy) is 2. The molecule has 0 aliphatic carbocycles. The van der Waals surface area contributed by atoms with Gasteiger partial charge in [-0.15, -0.1) is 0 Å². The number of hydrogen-bond acceptors (Lipinski definition) is 6. The van der Waals surface area contributed by atoms with Crippen molar-refractivity contribution in [2.45, 2.75) is 19.9 Å². The molecule has 2 aliphatic rings. The van der Waals surface area contributed by atoms with E-state index in [0.717, 1.165) is 10.6 Å². The molecule has 3 heterocycles. The maximum atomic E-state index is 12.5. The topological polar surface area (TPSA) is 92.8 Å². The van der Waals surface area contributed by atoms with Gasteiger partial charge in [0.1, 0.15) is 0 Å². The Morgan fingerprint density at radius 2 is 2.08 bits per heavy atom. The number of urea groups is 1. The lowest BCUT2D eigenvalue weighted by Gasteiger charge is -2.26. The van der Waals surface area contributed by atoms with Crippen LogP contribution in [0.3, 0.4) is 0 Å². The number of thiazole rings is 1. The Labute approximate surface area is 147 Å². The lowest BCUT2D eigenvalue weighted by Crippen LogP contribution is -2.38. The summed E-state index contributed by atoms with van der Waals surface area (Å²) in [6, 6.07) is 5.12. The minimum Gasteiger partial charge on any atom is -0.454 e. The van der Waals surface area contributed by atoms with Crippen molar-refractivity contribution in [3.05, 3.63) is 28.8 Å². The Morgan fingerprint density at radius 1 is 1.24 bits per heavy atom. The van der Waals surface area contributed by atoms with Crippen LogP contribution in [0.5, 0.6) is 11.5 Å². The number of nitrogens with one attached hydrogen (secondary N) is 2. The fourth-order valence-electron chi connectivity index (χ4n) is 2.75. The number of hydrogen-bond donors (Lipinski definition) is 2. The van der Waals surface area contributed by atoms with Crippen LogP contribution in [0.1, 0.15) is 17.5 Å². The van der Waals surface area contributed by atoms with Crippen molar-refractivity contribution in [1.82, 2.24) is 9.88 Å². The molecule has 2 N–H and O–H groups in total. The lowest BCUT2D eigenvalue weighted by atomic mass is 10.2. The van der Waals surface area contributed by atoms with Gasteiger partial charge < -0.3 is 25.0 Å². The highest BCUT2D eigenvalue weighted by Crippen LogP contribution is 2.34. The molecule has 0 saturated carbocycles. The smallest absolute Gasteiger partial charge is 0.322 e. The molecule has 25 heavy (non-hydrogen) atoms. The van der Waals surface area contributed by atoms with Gasteiger partial charge >= 0.3 is 6.03 Å². The third kappa shape index (κ3) is 3.22. The molecule has 0 radical (unpaired) electrons. The van der Waals surface area contributed by atoms with Crippen LogP contribution < -0.4 is 20.1 Å². The molecule has 9 heteroatoms. The molecule has 0 saturated heterocycles. The average Bonchev–Trinajstić information content (AvgIpc) is 3.18. The first kappa shape index (κ1) is 15.7. The van der Waals surface area contributed by atoms with Crippen molar-refractivity contribution in [3.63, 3.8) is 0 Å². The van der Waals surface area contributed by atoms with Gasteiger partial charge in [0.2, 0.25) is 12.7 Å². The molecule has 0 unspecified atom stereocenters. The van der Waals surface area contributed by atoms with E-state index in [9.17, 15) is 9.59 Å². The number of nitrogens with zero attached hydrogens (tertiary/aromatic N) is 2. The Balaban J connectivity index is 1.43. The highest BCUT2D eigenvalue weighted by Gasteiger charge is 2.25. The maximum Gasteiger partial charge on any atom is 0.322 e. The van der Waals surface area contributed by atoms with Gasteiger partial charge in [-0.1, -0.05) is 11.3 Å². The van der Waals surface area contributed by atoms with E-state index in [4.69, 9.17) is 9.47 Å². The largest absolute Gasteiger partial charge is 0.454 e. The standard InChI is InChI=1S/C16H16N4O4S/c1-9(21)17-15-19-11-4-5-20(7-14(11)25-15)16(22)18-10-2-3-12-13(6-10)24-8-23-12/h2-3,6H,4-5,7-8H2,1H3,(H,18,22)(H,17,19,21). The fraction of sp³-hybridized carbons (Fsp3) is 0.312. The van der Waals surface area contributed by atoms with Crippen molar-refractivity contribution in [1.29, 1.82) is 0 Å². The minimum atomic E-state index is -0.181. The summed E-state index contributed by atoms with van der Waals surface area (Å²) < 4.78 is 10.6. The molecule has 2 aromatic rings. The van der Waals surface area contributed by atoms with Gasteiger partial charge in [0.05, 0.1) is 12.2 Å². The summed E-state index contributed by atoms with van der Waals surface area (Å²) in [7, 11) is 0. The molecule has 4 rings (SSSR count). The predicted octanol–water partition coefficient (Wildman–Crippen LogP) is 2.42. The highest BCUT2D eigenvalue weighted by molar-refractivity contribution is 7.15. The molecule has 0 spiro atoms. The van der Waals surface area contributed by atoms with Crippen molar-refractivity contribution >= 4 is 34.1 Å². The molecule has 0 bridgehead atoms. The zero-order valence-corrected chi connectivity index (χ0v) is 14.3. The second-order valence-electron chi connectivity index (χ2n) is 5.74. The normalized spacial score (nSPS) is 14.8. The lowest BCUT2D eigenvalue weighted by molar-refractivity contribution is -0.114. The Hall–Kier alpha value is -2.81. The van der Waals surface area contributed by atoms with Gasteiger partial charge in [0.15, 0.2) is 16.6 Å². The number of carbonyl (C=O) groups is 2. The number of amides is 3. The van der Waals surface area contributed by atoms with Crippen LogP contribution in [0.25, 0.3) is 0 Å². The summed E-state index contributed by atoms with van der Waals surface area (Å²) in [4.78, 5) is 30.8. The van der Waals surface area contributed by atoms with Gasteiger partial charge in [0, 0.05) is 36.5 Å². The van der Waals surface area contributed by atoms with Crippen molar-refractivity contribution < 1.29 is 19.1 Å². The summed E-state index contributed by atoms with van der Waals surface area (Å²) in [5, 5.41) is 6.15. The number of carbonyl (C=O) groups excluding carboxylic acids is 2. The summed E-state index contributed by atoms with van der Waals surface area (Å²) in [6.45, 7) is 2.70. The van der Waals surface area contributed by atoms with Crippen LogP contribution in [0.4, 0.5) is 15.6 Å². The molecule has 0 fully saturated rings. The number of rotatable bonds is 2. The predicted molar refractivity (Wildman–Crippen MR) is 92.1 cm³/mol. The number of aromatic nitrogens is 1. The van der Waals surface area contributed by atoms with E-state index in [1.807, 2.05) is 0 Å². The van der Waals surface area contributed by atoms with Crippen molar-refractivity contribution in [2.75, 3.05) is 24.0 Å². The van der Waals surface area contributed by atoms with Gasteiger partial charge in [-0.25, -0.2) is 9.78 Å². The molecule has 2 aliphatic heterocycles. The number of anilines is 2. The molecule has 1 aromatic heterocycles. The first-order valence-electron chi connectivity index (χ1n) is 7.80. The molecule has 0 atom stereocenters. The SMILES string of the molecule is CC(=O)Nc1nc2c(s1)CN(C(=O)Nc1ccc3c(c1)OCO3)CC2. The van der Waals surface area contributed by atoms with Crippen LogP contribution in [0.15, 0.2) is 18.2 Å². The third-order valence-electron chi connectivity index (χ3n) is 3.93. The van der Waals surface area contributed by atoms with E-state index in [-0.39, 0.29) is 18.7 Å². The Morgan fingerprint density at radius 3 is 2.92 bits per heavy atom. The van der Waals surface area contributed by atoms with Crippen LogP contribution in [-0.2, 0) is 17.8 Å². The van der Waals surface area contributed by atoms with Crippen LogP contribution in [-0.4, -0.2) is 35.2 Å². The monoisotopic (exact) mass is 360 g/mol. The van der Waals surface area contributed by atoms with Gasteiger partial charge in [-0.05, 0) is 12.1 Å². The van der Waals surface area contributed by atoms with Crippen molar-refractivity contribution in [3.8, 4) is 11.5 Å². The van der Waals surface area contributed by atoms with E-state index < -0.39 is 0 Å². The van der Waals surface area contributed by atoms with E-state index in [1.54, 1.807) is 23.1 Å². The van der Waals surface area contributed by atoms with E-state index >= 15 is 0 Å².